The van der Waals surface area contributed by atoms with Crippen molar-refractivity contribution in [3.63, 3.8) is 0 Å². The van der Waals surface area contributed by atoms with Gasteiger partial charge in [-0.2, -0.15) is 0 Å². The van der Waals surface area contributed by atoms with Crippen LogP contribution in [0.15, 0.2) is 34.8 Å². The van der Waals surface area contributed by atoms with Crippen molar-refractivity contribution < 1.29 is 14.3 Å². The van der Waals surface area contributed by atoms with E-state index in [0.29, 0.717) is 27.1 Å². The zero-order valence-corrected chi connectivity index (χ0v) is 14.1. The summed E-state index contributed by atoms with van der Waals surface area (Å²) >= 11 is 3.43. The smallest absolute Gasteiger partial charge is 0.197 e. The zero-order valence-electron chi connectivity index (χ0n) is 12.5. The Hall–Kier alpha value is -1.81. The first-order valence-corrected chi connectivity index (χ1v) is 7.32. The summed E-state index contributed by atoms with van der Waals surface area (Å²) in [5.74, 6) is 1.07. The molecule has 0 bridgehead atoms. The molecule has 2 aromatic rings. The number of aryl methyl sites for hydroxylation is 2. The average Bonchev–Trinajstić information content (AvgIpc) is 2.46. The molecule has 0 aliphatic rings. The van der Waals surface area contributed by atoms with Crippen molar-refractivity contribution in [1.82, 2.24) is 0 Å². The van der Waals surface area contributed by atoms with Gasteiger partial charge in [-0.05, 0) is 53.0 Å². The van der Waals surface area contributed by atoms with E-state index >= 15 is 0 Å². The molecule has 2 aromatic carbocycles. The molecule has 0 N–H and O–H groups in total. The monoisotopic (exact) mass is 348 g/mol. The fraction of sp³-hybridized carbons (Fsp3) is 0.235. The van der Waals surface area contributed by atoms with Crippen LogP contribution in [-0.2, 0) is 0 Å². The number of carbonyl (C=O) groups is 1. The van der Waals surface area contributed by atoms with E-state index in [1.165, 1.54) is 0 Å². The second-order valence-corrected chi connectivity index (χ2v) is 5.55. The fourth-order valence-electron chi connectivity index (χ4n) is 2.38. The normalized spacial score (nSPS) is 10.3. The highest BCUT2D eigenvalue weighted by molar-refractivity contribution is 9.10. The Morgan fingerprint density at radius 2 is 1.62 bits per heavy atom. The summed E-state index contributed by atoms with van der Waals surface area (Å²) < 4.78 is 11.3. The molecular weight excluding hydrogens is 332 g/mol. The van der Waals surface area contributed by atoms with Crippen molar-refractivity contribution in [2.75, 3.05) is 14.2 Å². The van der Waals surface area contributed by atoms with Gasteiger partial charge in [-0.1, -0.05) is 18.2 Å². The Morgan fingerprint density at radius 3 is 2.14 bits per heavy atom. The van der Waals surface area contributed by atoms with E-state index in [9.17, 15) is 4.79 Å². The molecule has 0 heterocycles. The van der Waals surface area contributed by atoms with Crippen molar-refractivity contribution in [3.8, 4) is 11.5 Å². The molecule has 0 amide bonds. The summed E-state index contributed by atoms with van der Waals surface area (Å²) in [4.78, 5) is 12.9. The van der Waals surface area contributed by atoms with Crippen molar-refractivity contribution in [2.45, 2.75) is 13.8 Å². The van der Waals surface area contributed by atoms with Gasteiger partial charge in [0.2, 0.25) is 0 Å². The van der Waals surface area contributed by atoms with E-state index in [-0.39, 0.29) is 5.78 Å². The zero-order chi connectivity index (χ0) is 15.6. The molecular formula is C17H17BrO3. The second kappa shape index (κ2) is 6.31. The predicted molar refractivity (Wildman–Crippen MR) is 86.6 cm³/mol. The lowest BCUT2D eigenvalue weighted by Crippen LogP contribution is -2.08. The maximum atomic E-state index is 12.9. The molecule has 3 nitrogen and oxygen atoms in total. The van der Waals surface area contributed by atoms with E-state index < -0.39 is 0 Å². The number of methoxy groups -OCH3 is 2. The molecule has 0 radical (unpaired) electrons. The van der Waals surface area contributed by atoms with Crippen LogP contribution in [0.1, 0.15) is 27.0 Å². The Bertz CT molecular complexity index is 672. The van der Waals surface area contributed by atoms with E-state index in [1.807, 2.05) is 32.0 Å². The minimum absolute atomic E-state index is 0.0502. The third kappa shape index (κ3) is 2.81. The van der Waals surface area contributed by atoms with Gasteiger partial charge in [0.1, 0.15) is 16.0 Å². The maximum absolute atomic E-state index is 12.9. The number of ketones is 1. The molecule has 2 rings (SSSR count). The van der Waals surface area contributed by atoms with Gasteiger partial charge >= 0.3 is 0 Å². The number of rotatable bonds is 4. The average molecular weight is 349 g/mol. The van der Waals surface area contributed by atoms with Gasteiger partial charge in [-0.25, -0.2) is 0 Å². The van der Waals surface area contributed by atoms with Gasteiger partial charge in [0, 0.05) is 5.56 Å². The molecule has 0 aliphatic carbocycles. The number of carbonyl (C=O) groups excluding carboxylic acids is 1. The number of ether oxygens (including phenoxy) is 2. The highest BCUT2D eigenvalue weighted by atomic mass is 79.9. The van der Waals surface area contributed by atoms with Crippen LogP contribution in [0.2, 0.25) is 0 Å². The fourth-order valence-corrected chi connectivity index (χ4v) is 3.05. The Labute approximate surface area is 133 Å². The van der Waals surface area contributed by atoms with Crippen LogP contribution in [0.25, 0.3) is 0 Å². The van der Waals surface area contributed by atoms with Crippen LogP contribution in [-0.4, -0.2) is 20.0 Å². The molecule has 0 saturated heterocycles. The number of benzene rings is 2. The van der Waals surface area contributed by atoms with Crippen molar-refractivity contribution in [3.05, 3.63) is 57.1 Å². The van der Waals surface area contributed by atoms with Gasteiger partial charge in [0.15, 0.2) is 5.78 Å². The molecule has 4 heteroatoms. The summed E-state index contributed by atoms with van der Waals surface area (Å²) in [5.41, 5.74) is 3.14. The van der Waals surface area contributed by atoms with Crippen molar-refractivity contribution in [1.29, 1.82) is 0 Å². The number of hydrogen-bond donors (Lipinski definition) is 0. The molecule has 21 heavy (non-hydrogen) atoms. The lowest BCUT2D eigenvalue weighted by molar-refractivity contribution is 0.103. The standard InChI is InChI=1S/C17H17BrO3/c1-10-6-5-7-11(2)14(10)16(19)12-8-9-13(20-3)15(18)17(12)21-4/h5-9H,1-4H3. The number of halogens is 1. The molecule has 0 saturated carbocycles. The van der Waals surface area contributed by atoms with Gasteiger partial charge in [-0.3, -0.25) is 4.79 Å². The summed E-state index contributed by atoms with van der Waals surface area (Å²) in [6, 6.07) is 9.31. The first kappa shape index (κ1) is 15.6. The highest BCUT2D eigenvalue weighted by Crippen LogP contribution is 2.38. The van der Waals surface area contributed by atoms with E-state index in [0.717, 1.165) is 11.1 Å². The first-order chi connectivity index (χ1) is 10.0. The summed E-state index contributed by atoms with van der Waals surface area (Å²) in [6.07, 6.45) is 0. The van der Waals surface area contributed by atoms with Gasteiger partial charge in [0.05, 0.1) is 19.8 Å². The van der Waals surface area contributed by atoms with Crippen LogP contribution < -0.4 is 9.47 Å². The lowest BCUT2D eigenvalue weighted by atomic mass is 9.94. The molecule has 0 spiro atoms. The lowest BCUT2D eigenvalue weighted by Gasteiger charge is -2.14. The molecule has 0 unspecified atom stereocenters. The molecule has 110 valence electrons. The Morgan fingerprint density at radius 1 is 1.00 bits per heavy atom. The molecule has 0 fully saturated rings. The Balaban J connectivity index is 2.62. The van der Waals surface area contributed by atoms with Crippen LogP contribution in [0.3, 0.4) is 0 Å². The van der Waals surface area contributed by atoms with Crippen LogP contribution in [0.4, 0.5) is 0 Å². The SMILES string of the molecule is COc1ccc(C(=O)c2c(C)cccc2C)c(OC)c1Br. The molecule has 0 aromatic heterocycles. The predicted octanol–water partition coefficient (Wildman–Crippen LogP) is 4.31. The first-order valence-electron chi connectivity index (χ1n) is 6.52. The Kier molecular flexibility index (Phi) is 4.68. The topological polar surface area (TPSA) is 35.5 Å². The van der Waals surface area contributed by atoms with Gasteiger partial charge in [0.25, 0.3) is 0 Å². The largest absolute Gasteiger partial charge is 0.495 e. The third-order valence-electron chi connectivity index (χ3n) is 3.44. The second-order valence-electron chi connectivity index (χ2n) is 4.76. The maximum Gasteiger partial charge on any atom is 0.197 e. The molecule has 0 atom stereocenters. The minimum atomic E-state index is -0.0502. The highest BCUT2D eigenvalue weighted by Gasteiger charge is 2.21. The third-order valence-corrected chi connectivity index (χ3v) is 4.19. The van der Waals surface area contributed by atoms with Crippen molar-refractivity contribution in [2.24, 2.45) is 0 Å². The summed E-state index contributed by atoms with van der Waals surface area (Å²) in [5, 5.41) is 0. The number of hydrogen-bond acceptors (Lipinski definition) is 3. The quantitative estimate of drug-likeness (QED) is 0.772. The van der Waals surface area contributed by atoms with E-state index in [2.05, 4.69) is 15.9 Å². The van der Waals surface area contributed by atoms with Crippen LogP contribution in [0, 0.1) is 13.8 Å². The van der Waals surface area contributed by atoms with Gasteiger partial charge in [-0.15, -0.1) is 0 Å². The molecule has 0 aliphatic heterocycles. The van der Waals surface area contributed by atoms with Crippen LogP contribution in [0.5, 0.6) is 11.5 Å². The van der Waals surface area contributed by atoms with E-state index in [4.69, 9.17) is 9.47 Å². The van der Waals surface area contributed by atoms with E-state index in [1.54, 1.807) is 26.4 Å². The van der Waals surface area contributed by atoms with Crippen molar-refractivity contribution >= 4 is 21.7 Å². The van der Waals surface area contributed by atoms with Gasteiger partial charge < -0.3 is 9.47 Å². The minimum Gasteiger partial charge on any atom is -0.495 e. The van der Waals surface area contributed by atoms with Crippen LogP contribution >= 0.6 is 15.9 Å². The summed E-state index contributed by atoms with van der Waals surface area (Å²) in [6.45, 7) is 3.87. The summed E-state index contributed by atoms with van der Waals surface area (Å²) in [7, 11) is 3.12.